The van der Waals surface area contributed by atoms with E-state index in [1.807, 2.05) is 6.07 Å². The zero-order valence-electron chi connectivity index (χ0n) is 13.4. The first-order valence-corrected chi connectivity index (χ1v) is 7.53. The van der Waals surface area contributed by atoms with Crippen molar-refractivity contribution in [2.24, 2.45) is 0 Å². The number of benzene rings is 2. The molecular weight excluding hydrogens is 308 g/mol. The molecule has 0 amide bonds. The second-order valence-corrected chi connectivity index (χ2v) is 5.46. The number of carboxylic acids is 1. The van der Waals surface area contributed by atoms with Crippen LogP contribution in [0.25, 0.3) is 0 Å². The predicted octanol–water partition coefficient (Wildman–Crippen LogP) is 3.04. The number of carboxylic acid groups (broad SMARTS) is 1. The van der Waals surface area contributed by atoms with Crippen molar-refractivity contribution in [3.63, 3.8) is 0 Å². The molecular formula is C19H18O5. The Balaban J connectivity index is 2.19. The van der Waals surface area contributed by atoms with Crippen molar-refractivity contribution in [2.75, 3.05) is 0 Å². The van der Waals surface area contributed by atoms with Crippen LogP contribution in [-0.4, -0.2) is 28.9 Å². The smallest absolute Gasteiger partial charge is 0.344 e. The number of rotatable bonds is 6. The van der Waals surface area contributed by atoms with Gasteiger partial charge in [0.1, 0.15) is 0 Å². The molecule has 0 heterocycles. The molecule has 2 rings (SSSR count). The first kappa shape index (κ1) is 17.4. The first-order valence-electron chi connectivity index (χ1n) is 7.53. The molecule has 24 heavy (non-hydrogen) atoms. The van der Waals surface area contributed by atoms with E-state index in [1.54, 1.807) is 55.5 Å². The SMILES string of the molecule is C[C@H](OC(=O)[C@H](C)c1cccc(C(=O)c2ccccc2)c1)C(=O)O. The molecule has 1 N–H and O–H groups in total. The molecule has 0 aliphatic heterocycles. The van der Waals surface area contributed by atoms with Crippen molar-refractivity contribution < 1.29 is 24.2 Å². The van der Waals surface area contributed by atoms with Crippen molar-refractivity contribution in [2.45, 2.75) is 25.9 Å². The van der Waals surface area contributed by atoms with Crippen molar-refractivity contribution in [3.8, 4) is 0 Å². The van der Waals surface area contributed by atoms with Gasteiger partial charge >= 0.3 is 11.9 Å². The molecule has 0 spiro atoms. The van der Waals surface area contributed by atoms with Crippen LogP contribution < -0.4 is 0 Å². The van der Waals surface area contributed by atoms with E-state index < -0.39 is 24.0 Å². The molecule has 0 aromatic heterocycles. The van der Waals surface area contributed by atoms with Gasteiger partial charge in [-0.05, 0) is 25.5 Å². The minimum absolute atomic E-state index is 0.142. The lowest BCUT2D eigenvalue weighted by molar-refractivity contribution is -0.163. The van der Waals surface area contributed by atoms with Crippen molar-refractivity contribution in [3.05, 3.63) is 71.3 Å². The van der Waals surface area contributed by atoms with E-state index >= 15 is 0 Å². The number of esters is 1. The topological polar surface area (TPSA) is 80.7 Å². The van der Waals surface area contributed by atoms with Crippen molar-refractivity contribution in [1.82, 2.24) is 0 Å². The molecule has 0 radical (unpaired) electrons. The predicted molar refractivity (Wildman–Crippen MR) is 87.9 cm³/mol. The summed E-state index contributed by atoms with van der Waals surface area (Å²) >= 11 is 0. The van der Waals surface area contributed by atoms with Crippen LogP contribution >= 0.6 is 0 Å². The van der Waals surface area contributed by atoms with Gasteiger partial charge in [0, 0.05) is 11.1 Å². The maximum Gasteiger partial charge on any atom is 0.344 e. The highest BCUT2D eigenvalue weighted by molar-refractivity contribution is 6.09. The lowest BCUT2D eigenvalue weighted by Crippen LogP contribution is -2.26. The highest BCUT2D eigenvalue weighted by Gasteiger charge is 2.23. The molecule has 2 aromatic rings. The molecule has 5 heteroatoms. The fourth-order valence-electron chi connectivity index (χ4n) is 2.17. The minimum atomic E-state index is -1.21. The van der Waals surface area contributed by atoms with Gasteiger partial charge in [-0.25, -0.2) is 4.79 Å². The van der Waals surface area contributed by atoms with Gasteiger partial charge in [0.2, 0.25) is 0 Å². The summed E-state index contributed by atoms with van der Waals surface area (Å²) in [5, 5.41) is 8.80. The lowest BCUT2D eigenvalue weighted by Gasteiger charge is -2.15. The summed E-state index contributed by atoms with van der Waals surface area (Å²) in [6, 6.07) is 15.5. The summed E-state index contributed by atoms with van der Waals surface area (Å²) in [6.07, 6.45) is -1.21. The van der Waals surface area contributed by atoms with E-state index in [0.29, 0.717) is 16.7 Å². The third kappa shape index (κ3) is 4.07. The molecule has 0 bridgehead atoms. The zero-order chi connectivity index (χ0) is 17.7. The normalized spacial score (nSPS) is 12.9. The fraction of sp³-hybridized carbons (Fsp3) is 0.211. The number of ether oxygens (including phenoxy) is 1. The van der Waals surface area contributed by atoms with E-state index in [-0.39, 0.29) is 5.78 Å². The number of ketones is 1. The number of carbonyl (C=O) groups excluding carboxylic acids is 2. The molecule has 5 nitrogen and oxygen atoms in total. The van der Waals surface area contributed by atoms with E-state index in [0.717, 1.165) is 0 Å². The maximum atomic E-state index is 12.5. The third-order valence-corrected chi connectivity index (χ3v) is 3.68. The summed E-state index contributed by atoms with van der Waals surface area (Å²) < 4.78 is 4.89. The first-order chi connectivity index (χ1) is 11.4. The average Bonchev–Trinajstić information content (AvgIpc) is 2.61. The van der Waals surface area contributed by atoms with Crippen LogP contribution in [-0.2, 0) is 14.3 Å². The summed E-state index contributed by atoms with van der Waals surface area (Å²) in [4.78, 5) is 35.3. The van der Waals surface area contributed by atoms with Crippen LogP contribution in [0.2, 0.25) is 0 Å². The largest absolute Gasteiger partial charge is 0.479 e. The van der Waals surface area contributed by atoms with Crippen molar-refractivity contribution >= 4 is 17.7 Å². The Bertz CT molecular complexity index is 751. The van der Waals surface area contributed by atoms with E-state index in [2.05, 4.69) is 0 Å². The number of carbonyl (C=O) groups is 3. The van der Waals surface area contributed by atoms with Gasteiger partial charge in [0.15, 0.2) is 11.9 Å². The molecule has 0 saturated carbocycles. The Morgan fingerprint density at radius 2 is 1.54 bits per heavy atom. The Morgan fingerprint density at radius 1 is 0.917 bits per heavy atom. The summed E-state index contributed by atoms with van der Waals surface area (Å²) in [5.41, 5.74) is 1.62. The van der Waals surface area contributed by atoms with Gasteiger partial charge in [-0.1, -0.05) is 48.5 Å². The molecule has 0 fully saturated rings. The molecule has 2 atom stereocenters. The molecule has 0 unspecified atom stereocenters. The maximum absolute atomic E-state index is 12.5. The third-order valence-electron chi connectivity index (χ3n) is 3.68. The Labute approximate surface area is 139 Å². The highest BCUT2D eigenvalue weighted by Crippen LogP contribution is 2.20. The fourth-order valence-corrected chi connectivity index (χ4v) is 2.17. The molecule has 0 aliphatic carbocycles. The Morgan fingerprint density at radius 3 is 2.17 bits per heavy atom. The summed E-state index contributed by atoms with van der Waals surface area (Å²) in [5.74, 6) is -2.66. The van der Waals surface area contributed by atoms with Gasteiger partial charge in [-0.2, -0.15) is 0 Å². The van der Waals surface area contributed by atoms with Crippen LogP contribution in [0.5, 0.6) is 0 Å². The van der Waals surface area contributed by atoms with Gasteiger partial charge < -0.3 is 9.84 Å². The molecule has 0 saturated heterocycles. The molecule has 124 valence electrons. The van der Waals surface area contributed by atoms with Gasteiger partial charge in [-0.3, -0.25) is 9.59 Å². The molecule has 0 aliphatic rings. The average molecular weight is 326 g/mol. The second kappa shape index (κ2) is 7.55. The number of hydrogen-bond donors (Lipinski definition) is 1. The van der Waals surface area contributed by atoms with E-state index in [1.165, 1.54) is 6.92 Å². The lowest BCUT2D eigenvalue weighted by atomic mass is 9.96. The summed E-state index contributed by atoms with van der Waals surface area (Å²) in [6.45, 7) is 2.91. The summed E-state index contributed by atoms with van der Waals surface area (Å²) in [7, 11) is 0. The minimum Gasteiger partial charge on any atom is -0.479 e. The van der Waals surface area contributed by atoms with E-state index in [9.17, 15) is 14.4 Å². The Kier molecular flexibility index (Phi) is 5.47. The highest BCUT2D eigenvalue weighted by atomic mass is 16.6. The van der Waals surface area contributed by atoms with Crippen molar-refractivity contribution in [1.29, 1.82) is 0 Å². The monoisotopic (exact) mass is 326 g/mol. The quantitative estimate of drug-likeness (QED) is 0.652. The van der Waals surface area contributed by atoms with Gasteiger partial charge in [0.25, 0.3) is 0 Å². The Hall–Kier alpha value is -2.95. The van der Waals surface area contributed by atoms with Crippen LogP contribution in [0.15, 0.2) is 54.6 Å². The van der Waals surface area contributed by atoms with Crippen LogP contribution in [0, 0.1) is 0 Å². The zero-order valence-corrected chi connectivity index (χ0v) is 13.4. The number of hydrogen-bond acceptors (Lipinski definition) is 4. The van der Waals surface area contributed by atoms with Gasteiger partial charge in [0.05, 0.1) is 5.92 Å². The van der Waals surface area contributed by atoms with Crippen LogP contribution in [0.4, 0.5) is 0 Å². The van der Waals surface area contributed by atoms with E-state index in [4.69, 9.17) is 9.84 Å². The standard InChI is InChI=1S/C19H18O5/c1-12(19(23)24-13(2)18(21)22)15-9-6-10-16(11-15)17(20)14-7-4-3-5-8-14/h3-13H,1-2H3,(H,21,22)/t12-,13+/m1/s1. The van der Waals surface area contributed by atoms with Gasteiger partial charge in [-0.15, -0.1) is 0 Å². The van der Waals surface area contributed by atoms with Crippen LogP contribution in [0.3, 0.4) is 0 Å². The van der Waals surface area contributed by atoms with Crippen LogP contribution in [0.1, 0.15) is 41.3 Å². The molecule has 2 aromatic carbocycles. The number of aliphatic carboxylic acids is 1. The second-order valence-electron chi connectivity index (χ2n) is 5.46.